The van der Waals surface area contributed by atoms with Gasteiger partial charge in [-0.2, -0.15) is 0 Å². The van der Waals surface area contributed by atoms with Gasteiger partial charge in [0.15, 0.2) is 0 Å². The Hall–Kier alpha value is -0.940. The highest BCUT2D eigenvalue weighted by molar-refractivity contribution is 5.00. The molecular formula is C9H16N4O. The van der Waals surface area contributed by atoms with E-state index in [0.717, 1.165) is 31.7 Å². The number of rotatable bonds is 3. The first-order chi connectivity index (χ1) is 6.77. The van der Waals surface area contributed by atoms with Crippen LogP contribution in [0.4, 0.5) is 0 Å². The maximum absolute atomic E-state index is 6.06. The lowest BCUT2D eigenvalue weighted by molar-refractivity contribution is 0.182. The molecule has 5 heteroatoms. The largest absolute Gasteiger partial charge is 0.381 e. The molecule has 0 amide bonds. The number of aryl methyl sites for hydroxylation is 1. The van der Waals surface area contributed by atoms with Crippen molar-refractivity contribution in [3.8, 4) is 0 Å². The van der Waals surface area contributed by atoms with Crippen LogP contribution in [0.1, 0.15) is 24.6 Å². The lowest BCUT2D eigenvalue weighted by Crippen LogP contribution is -2.18. The zero-order valence-corrected chi connectivity index (χ0v) is 8.39. The molecule has 2 unspecified atom stereocenters. The van der Waals surface area contributed by atoms with Crippen LogP contribution in [0.25, 0.3) is 0 Å². The number of hydrogen-bond donors (Lipinski definition) is 1. The van der Waals surface area contributed by atoms with Crippen LogP contribution in [0.5, 0.6) is 0 Å². The third-order valence-electron chi connectivity index (χ3n) is 2.74. The second kappa shape index (κ2) is 4.06. The zero-order chi connectivity index (χ0) is 9.97. The van der Waals surface area contributed by atoms with Gasteiger partial charge in [-0.05, 0) is 18.8 Å². The van der Waals surface area contributed by atoms with E-state index in [-0.39, 0.29) is 6.04 Å². The molecule has 2 heterocycles. The third-order valence-corrected chi connectivity index (χ3v) is 2.74. The minimum atomic E-state index is 0.0294. The van der Waals surface area contributed by atoms with E-state index in [1.807, 2.05) is 7.05 Å². The summed E-state index contributed by atoms with van der Waals surface area (Å²) < 4.78 is 7.05. The molecule has 2 rings (SSSR count). The van der Waals surface area contributed by atoms with E-state index in [1.54, 1.807) is 10.9 Å². The first kappa shape index (κ1) is 9.61. The molecule has 0 aromatic carbocycles. The van der Waals surface area contributed by atoms with Crippen LogP contribution in [0, 0.1) is 5.92 Å². The Kier molecular flexibility index (Phi) is 2.79. The molecular weight excluding hydrogens is 180 g/mol. The minimum Gasteiger partial charge on any atom is -0.381 e. The molecule has 0 radical (unpaired) electrons. The molecule has 5 nitrogen and oxygen atoms in total. The summed E-state index contributed by atoms with van der Waals surface area (Å²) in [5, 5.41) is 7.69. The van der Waals surface area contributed by atoms with Crippen LogP contribution in [0.2, 0.25) is 0 Å². The third kappa shape index (κ3) is 1.93. The Morgan fingerprint density at radius 1 is 1.79 bits per heavy atom. The summed E-state index contributed by atoms with van der Waals surface area (Å²) in [5.74, 6) is 0.597. The first-order valence-corrected chi connectivity index (χ1v) is 4.95. The molecule has 14 heavy (non-hydrogen) atoms. The van der Waals surface area contributed by atoms with Crippen LogP contribution in [-0.4, -0.2) is 28.2 Å². The predicted molar refractivity (Wildman–Crippen MR) is 51.5 cm³/mol. The minimum absolute atomic E-state index is 0.0294. The molecule has 1 aliphatic rings. The Bertz CT molecular complexity index is 293. The normalized spacial score (nSPS) is 24.0. The smallest absolute Gasteiger partial charge is 0.0751 e. The molecule has 1 aromatic heterocycles. The van der Waals surface area contributed by atoms with Gasteiger partial charge in [-0.1, -0.05) is 5.21 Å². The van der Waals surface area contributed by atoms with Gasteiger partial charge in [0.05, 0.1) is 11.9 Å². The molecule has 0 bridgehead atoms. The van der Waals surface area contributed by atoms with Gasteiger partial charge in [0.1, 0.15) is 0 Å². The molecule has 0 saturated carbocycles. The Morgan fingerprint density at radius 3 is 3.21 bits per heavy atom. The van der Waals surface area contributed by atoms with Crippen LogP contribution < -0.4 is 5.73 Å². The second-order valence-corrected chi connectivity index (χ2v) is 3.85. The van der Waals surface area contributed by atoms with Gasteiger partial charge in [-0.3, -0.25) is 4.68 Å². The van der Waals surface area contributed by atoms with Gasteiger partial charge < -0.3 is 10.5 Å². The van der Waals surface area contributed by atoms with Gasteiger partial charge in [-0.25, -0.2) is 0 Å². The summed E-state index contributed by atoms with van der Waals surface area (Å²) in [6.07, 6.45) is 3.82. The van der Waals surface area contributed by atoms with Crippen molar-refractivity contribution in [3.63, 3.8) is 0 Å². The molecule has 1 saturated heterocycles. The predicted octanol–water partition coefficient (Wildman–Crippen LogP) is 0.241. The van der Waals surface area contributed by atoms with Gasteiger partial charge in [0.2, 0.25) is 0 Å². The standard InChI is InChI=1S/C9H16N4O/c1-13-9(5-11-12-13)8(10)4-7-2-3-14-6-7/h5,7-8H,2-4,6,10H2,1H3. The SMILES string of the molecule is Cn1nncc1C(N)CC1CCOC1. The van der Waals surface area contributed by atoms with E-state index < -0.39 is 0 Å². The summed E-state index contributed by atoms with van der Waals surface area (Å²) in [4.78, 5) is 0. The van der Waals surface area contributed by atoms with Crippen LogP contribution >= 0.6 is 0 Å². The highest BCUT2D eigenvalue weighted by Crippen LogP contribution is 2.23. The van der Waals surface area contributed by atoms with Crippen molar-refractivity contribution in [1.29, 1.82) is 0 Å². The summed E-state index contributed by atoms with van der Waals surface area (Å²) in [5.41, 5.74) is 7.06. The lowest BCUT2D eigenvalue weighted by Gasteiger charge is -2.14. The van der Waals surface area contributed by atoms with Crippen LogP contribution in [0.15, 0.2) is 6.20 Å². The van der Waals surface area contributed by atoms with Crippen molar-refractivity contribution in [3.05, 3.63) is 11.9 Å². The van der Waals surface area contributed by atoms with Crippen molar-refractivity contribution in [2.24, 2.45) is 18.7 Å². The Labute approximate surface area is 83.2 Å². The average molecular weight is 196 g/mol. The molecule has 78 valence electrons. The van der Waals surface area contributed by atoms with Crippen molar-refractivity contribution in [1.82, 2.24) is 15.0 Å². The molecule has 2 N–H and O–H groups in total. The van der Waals surface area contributed by atoms with Crippen molar-refractivity contribution in [2.45, 2.75) is 18.9 Å². The van der Waals surface area contributed by atoms with Crippen molar-refractivity contribution < 1.29 is 4.74 Å². The molecule has 1 aromatic rings. The summed E-state index contributed by atoms with van der Waals surface area (Å²) in [6, 6.07) is 0.0294. The quantitative estimate of drug-likeness (QED) is 0.752. The van der Waals surface area contributed by atoms with E-state index in [0.29, 0.717) is 5.92 Å². The summed E-state index contributed by atoms with van der Waals surface area (Å²) in [6.45, 7) is 1.72. The maximum atomic E-state index is 6.06. The fraction of sp³-hybridized carbons (Fsp3) is 0.778. The molecule has 1 fully saturated rings. The summed E-state index contributed by atoms with van der Waals surface area (Å²) in [7, 11) is 1.87. The first-order valence-electron chi connectivity index (χ1n) is 4.95. The topological polar surface area (TPSA) is 66.0 Å². The zero-order valence-electron chi connectivity index (χ0n) is 8.39. The summed E-state index contributed by atoms with van der Waals surface area (Å²) >= 11 is 0. The van der Waals surface area contributed by atoms with E-state index in [4.69, 9.17) is 10.5 Å². The maximum Gasteiger partial charge on any atom is 0.0751 e. The molecule has 2 atom stereocenters. The van der Waals surface area contributed by atoms with E-state index >= 15 is 0 Å². The molecule has 0 spiro atoms. The highest BCUT2D eigenvalue weighted by Gasteiger charge is 2.21. The Balaban J connectivity index is 1.95. The highest BCUT2D eigenvalue weighted by atomic mass is 16.5. The number of hydrogen-bond acceptors (Lipinski definition) is 4. The van der Waals surface area contributed by atoms with Crippen LogP contribution in [0.3, 0.4) is 0 Å². The second-order valence-electron chi connectivity index (χ2n) is 3.85. The number of nitrogens with zero attached hydrogens (tertiary/aromatic N) is 3. The molecule has 0 aliphatic carbocycles. The number of aromatic nitrogens is 3. The van der Waals surface area contributed by atoms with Crippen molar-refractivity contribution in [2.75, 3.05) is 13.2 Å². The van der Waals surface area contributed by atoms with E-state index in [1.165, 1.54) is 0 Å². The van der Waals surface area contributed by atoms with Crippen molar-refractivity contribution >= 4 is 0 Å². The van der Waals surface area contributed by atoms with Crippen LogP contribution in [-0.2, 0) is 11.8 Å². The lowest BCUT2D eigenvalue weighted by atomic mass is 9.98. The van der Waals surface area contributed by atoms with Gasteiger partial charge in [0.25, 0.3) is 0 Å². The Morgan fingerprint density at radius 2 is 2.64 bits per heavy atom. The fourth-order valence-corrected chi connectivity index (χ4v) is 1.88. The van der Waals surface area contributed by atoms with Gasteiger partial charge >= 0.3 is 0 Å². The van der Waals surface area contributed by atoms with Gasteiger partial charge in [-0.15, -0.1) is 5.10 Å². The van der Waals surface area contributed by atoms with E-state index in [2.05, 4.69) is 10.3 Å². The monoisotopic (exact) mass is 196 g/mol. The van der Waals surface area contributed by atoms with E-state index in [9.17, 15) is 0 Å². The van der Waals surface area contributed by atoms with Gasteiger partial charge in [0, 0.05) is 26.3 Å². The average Bonchev–Trinajstić information content (AvgIpc) is 2.75. The fourth-order valence-electron chi connectivity index (χ4n) is 1.88. The number of nitrogens with two attached hydrogens (primary N) is 1. The molecule has 1 aliphatic heterocycles. The number of ether oxygens (including phenoxy) is 1.